The standard InChI is InChI=1S/C12H17NO3S/c1-17(15,16)13-9-5-8-12(14,10-13)11-6-3-2-4-7-11/h2-4,6-7,14H,5,8-10H2,1H3. The predicted molar refractivity (Wildman–Crippen MR) is 66.0 cm³/mol. The molecular weight excluding hydrogens is 238 g/mol. The average molecular weight is 255 g/mol. The largest absolute Gasteiger partial charge is 0.384 e. The molecule has 1 aliphatic rings. The van der Waals surface area contributed by atoms with Gasteiger partial charge in [0.1, 0.15) is 5.60 Å². The van der Waals surface area contributed by atoms with Crippen LogP contribution in [0.2, 0.25) is 0 Å². The van der Waals surface area contributed by atoms with Gasteiger partial charge in [-0.25, -0.2) is 8.42 Å². The molecule has 0 aliphatic carbocycles. The van der Waals surface area contributed by atoms with Gasteiger partial charge in [-0.15, -0.1) is 0 Å². The Morgan fingerprint density at radius 3 is 2.53 bits per heavy atom. The van der Waals surface area contributed by atoms with E-state index in [0.717, 1.165) is 5.56 Å². The third-order valence-electron chi connectivity index (χ3n) is 3.22. The van der Waals surface area contributed by atoms with Crippen LogP contribution in [0.15, 0.2) is 30.3 Å². The highest BCUT2D eigenvalue weighted by atomic mass is 32.2. The van der Waals surface area contributed by atoms with Crippen LogP contribution in [0.1, 0.15) is 18.4 Å². The zero-order chi connectivity index (χ0) is 12.5. The Morgan fingerprint density at radius 2 is 1.94 bits per heavy atom. The van der Waals surface area contributed by atoms with Gasteiger partial charge in [-0.2, -0.15) is 4.31 Å². The van der Waals surface area contributed by atoms with Gasteiger partial charge in [-0.3, -0.25) is 0 Å². The van der Waals surface area contributed by atoms with Gasteiger partial charge in [-0.1, -0.05) is 30.3 Å². The molecule has 4 nitrogen and oxygen atoms in total. The van der Waals surface area contributed by atoms with Crippen LogP contribution in [-0.2, 0) is 15.6 Å². The summed E-state index contributed by atoms with van der Waals surface area (Å²) in [4.78, 5) is 0. The molecule has 1 unspecified atom stereocenters. The molecule has 0 amide bonds. The number of aliphatic hydroxyl groups is 1. The minimum atomic E-state index is -3.23. The van der Waals surface area contributed by atoms with Gasteiger partial charge in [0.15, 0.2) is 0 Å². The summed E-state index contributed by atoms with van der Waals surface area (Å²) >= 11 is 0. The molecule has 5 heteroatoms. The van der Waals surface area contributed by atoms with Crippen LogP contribution in [-0.4, -0.2) is 37.2 Å². The quantitative estimate of drug-likeness (QED) is 0.855. The fourth-order valence-corrected chi connectivity index (χ4v) is 3.17. The van der Waals surface area contributed by atoms with Crippen LogP contribution >= 0.6 is 0 Å². The zero-order valence-electron chi connectivity index (χ0n) is 9.83. The van der Waals surface area contributed by atoms with Gasteiger partial charge in [0, 0.05) is 13.1 Å². The van der Waals surface area contributed by atoms with Crippen molar-refractivity contribution >= 4 is 10.0 Å². The van der Waals surface area contributed by atoms with Gasteiger partial charge >= 0.3 is 0 Å². The first-order valence-electron chi connectivity index (χ1n) is 5.65. The molecule has 17 heavy (non-hydrogen) atoms. The normalized spacial score (nSPS) is 26.9. The van der Waals surface area contributed by atoms with E-state index in [2.05, 4.69) is 0 Å². The lowest BCUT2D eigenvalue weighted by Crippen LogP contribution is -2.48. The van der Waals surface area contributed by atoms with Crippen molar-refractivity contribution in [3.05, 3.63) is 35.9 Å². The lowest BCUT2D eigenvalue weighted by Gasteiger charge is -2.38. The number of piperidine rings is 1. The molecule has 0 aromatic heterocycles. The lowest BCUT2D eigenvalue weighted by atomic mass is 9.87. The van der Waals surface area contributed by atoms with Crippen LogP contribution < -0.4 is 0 Å². The number of rotatable bonds is 2. The van der Waals surface area contributed by atoms with E-state index < -0.39 is 15.6 Å². The second-order valence-corrected chi connectivity index (χ2v) is 6.58. The van der Waals surface area contributed by atoms with Crippen molar-refractivity contribution in [2.24, 2.45) is 0 Å². The number of sulfonamides is 1. The van der Waals surface area contributed by atoms with Crippen molar-refractivity contribution in [3.8, 4) is 0 Å². The highest BCUT2D eigenvalue weighted by molar-refractivity contribution is 7.88. The molecule has 0 bridgehead atoms. The summed E-state index contributed by atoms with van der Waals surface area (Å²) < 4.78 is 24.4. The maximum atomic E-state index is 11.5. The highest BCUT2D eigenvalue weighted by Crippen LogP contribution is 2.32. The first-order chi connectivity index (χ1) is 7.92. The Balaban J connectivity index is 2.27. The van der Waals surface area contributed by atoms with Gasteiger partial charge in [0.2, 0.25) is 10.0 Å². The molecule has 0 saturated carbocycles. The van der Waals surface area contributed by atoms with E-state index in [1.165, 1.54) is 10.6 Å². The second-order valence-electron chi connectivity index (χ2n) is 4.60. The molecule has 1 atom stereocenters. The first kappa shape index (κ1) is 12.5. The maximum Gasteiger partial charge on any atom is 0.211 e. The maximum absolute atomic E-state index is 11.5. The smallest absolute Gasteiger partial charge is 0.211 e. The third kappa shape index (κ3) is 2.68. The molecular formula is C12H17NO3S. The number of hydrogen-bond donors (Lipinski definition) is 1. The van der Waals surface area contributed by atoms with E-state index in [1.807, 2.05) is 30.3 Å². The minimum Gasteiger partial charge on any atom is -0.384 e. The van der Waals surface area contributed by atoms with Crippen LogP contribution in [0.25, 0.3) is 0 Å². The number of β-amino-alcohol motifs (C(OH)–C–C–N with tert-alkyl or cyclic N) is 1. The van der Waals surface area contributed by atoms with Crippen molar-refractivity contribution in [1.29, 1.82) is 0 Å². The van der Waals surface area contributed by atoms with Gasteiger partial charge in [0.25, 0.3) is 0 Å². The SMILES string of the molecule is CS(=O)(=O)N1CCCC(O)(c2ccccc2)C1. The molecule has 1 aromatic carbocycles. The summed E-state index contributed by atoms with van der Waals surface area (Å²) in [6.07, 6.45) is 2.46. The van der Waals surface area contributed by atoms with Gasteiger partial charge in [0.05, 0.1) is 6.26 Å². The van der Waals surface area contributed by atoms with Crippen molar-refractivity contribution in [3.63, 3.8) is 0 Å². The lowest BCUT2D eigenvalue weighted by molar-refractivity contribution is -0.0122. The molecule has 1 heterocycles. The summed E-state index contributed by atoms with van der Waals surface area (Å²) in [6.45, 7) is 0.643. The Labute approximate surface area is 102 Å². The van der Waals surface area contributed by atoms with Crippen LogP contribution in [0.4, 0.5) is 0 Å². The van der Waals surface area contributed by atoms with E-state index in [-0.39, 0.29) is 6.54 Å². The van der Waals surface area contributed by atoms with Gasteiger partial charge < -0.3 is 5.11 Å². The van der Waals surface area contributed by atoms with Crippen molar-refractivity contribution < 1.29 is 13.5 Å². The highest BCUT2D eigenvalue weighted by Gasteiger charge is 2.37. The first-order valence-corrected chi connectivity index (χ1v) is 7.50. The molecule has 1 aromatic rings. The summed E-state index contributed by atoms with van der Waals surface area (Å²) in [5.41, 5.74) is -0.267. The van der Waals surface area contributed by atoms with Crippen LogP contribution in [0.5, 0.6) is 0 Å². The number of nitrogens with zero attached hydrogens (tertiary/aromatic N) is 1. The Morgan fingerprint density at radius 1 is 1.29 bits per heavy atom. The summed E-state index contributed by atoms with van der Waals surface area (Å²) in [6, 6.07) is 9.26. The topological polar surface area (TPSA) is 57.6 Å². The Kier molecular flexibility index (Phi) is 3.25. The van der Waals surface area contributed by atoms with Crippen molar-refractivity contribution in [2.45, 2.75) is 18.4 Å². The fourth-order valence-electron chi connectivity index (χ4n) is 2.26. The third-order valence-corrected chi connectivity index (χ3v) is 4.47. The van der Waals surface area contributed by atoms with E-state index in [0.29, 0.717) is 19.4 Å². The molecule has 1 N–H and O–H groups in total. The van der Waals surface area contributed by atoms with Crippen LogP contribution in [0, 0.1) is 0 Å². The summed E-state index contributed by atoms with van der Waals surface area (Å²) in [5, 5.41) is 10.6. The molecule has 1 saturated heterocycles. The van der Waals surface area contributed by atoms with Crippen LogP contribution in [0.3, 0.4) is 0 Å². The molecule has 0 spiro atoms. The van der Waals surface area contributed by atoms with E-state index >= 15 is 0 Å². The van der Waals surface area contributed by atoms with Crippen molar-refractivity contribution in [1.82, 2.24) is 4.31 Å². The number of hydrogen-bond acceptors (Lipinski definition) is 3. The summed E-state index contributed by atoms with van der Waals surface area (Å²) in [5.74, 6) is 0. The molecule has 94 valence electrons. The molecule has 1 fully saturated rings. The van der Waals surface area contributed by atoms with Gasteiger partial charge in [-0.05, 0) is 18.4 Å². The molecule has 2 rings (SSSR count). The van der Waals surface area contributed by atoms with E-state index in [4.69, 9.17) is 0 Å². The van der Waals surface area contributed by atoms with E-state index in [1.54, 1.807) is 0 Å². The van der Waals surface area contributed by atoms with E-state index in [9.17, 15) is 13.5 Å². The molecule has 0 radical (unpaired) electrons. The van der Waals surface area contributed by atoms with Crippen molar-refractivity contribution in [2.75, 3.05) is 19.3 Å². The Hall–Kier alpha value is -0.910. The minimum absolute atomic E-state index is 0.149. The second kappa shape index (κ2) is 4.40. The number of benzene rings is 1. The average Bonchev–Trinajstić information content (AvgIpc) is 2.29. The fraction of sp³-hybridized carbons (Fsp3) is 0.500. The molecule has 1 aliphatic heterocycles. The zero-order valence-corrected chi connectivity index (χ0v) is 10.7. The predicted octanol–water partition coefficient (Wildman–Crippen LogP) is 0.930. The summed E-state index contributed by atoms with van der Waals surface area (Å²) in [7, 11) is -3.23. The monoisotopic (exact) mass is 255 g/mol. The Bertz CT molecular complexity index is 486.